The standard InChI is InChI=1S/C22H21FO2P.BrH/c1-2-25-22(24)21(23)26(18-12-6-3-7-13-18,19-14-8-4-9-15-19)20-16-10-5-11-17-20;/h3-17,21H,2H2,1H3;1H/q+1;/p-1. The Labute approximate surface area is 170 Å². The van der Waals surface area contributed by atoms with Gasteiger partial charge in [0.05, 0.1) is 6.61 Å². The molecule has 3 rings (SSSR count). The van der Waals surface area contributed by atoms with Crippen molar-refractivity contribution in [1.82, 2.24) is 0 Å². The highest BCUT2D eigenvalue weighted by molar-refractivity contribution is 7.96. The van der Waals surface area contributed by atoms with Crippen molar-refractivity contribution in [2.75, 3.05) is 6.61 Å². The minimum atomic E-state index is -2.87. The van der Waals surface area contributed by atoms with E-state index in [9.17, 15) is 4.79 Å². The summed E-state index contributed by atoms with van der Waals surface area (Å²) in [5, 5.41) is 2.45. The molecule has 140 valence electrons. The van der Waals surface area contributed by atoms with Crippen LogP contribution in [0.15, 0.2) is 91.0 Å². The van der Waals surface area contributed by atoms with Crippen molar-refractivity contribution in [1.29, 1.82) is 0 Å². The van der Waals surface area contributed by atoms with Gasteiger partial charge in [0.1, 0.15) is 15.9 Å². The van der Waals surface area contributed by atoms with Crippen LogP contribution in [0.5, 0.6) is 0 Å². The highest BCUT2D eigenvalue weighted by Crippen LogP contribution is 2.60. The molecule has 0 bridgehead atoms. The first-order valence-electron chi connectivity index (χ1n) is 8.57. The zero-order valence-electron chi connectivity index (χ0n) is 15.0. The van der Waals surface area contributed by atoms with Gasteiger partial charge < -0.3 is 21.7 Å². The SMILES string of the molecule is CCOC(=O)C(F)[P+](c1ccccc1)(c1ccccc1)c1ccccc1.[Br-]. The number of hydrogen-bond donors (Lipinski definition) is 0. The smallest absolute Gasteiger partial charge is 0.381 e. The van der Waals surface area contributed by atoms with E-state index in [2.05, 4.69) is 0 Å². The first-order valence-corrected chi connectivity index (χ1v) is 10.4. The molecule has 0 aliphatic heterocycles. The van der Waals surface area contributed by atoms with Crippen molar-refractivity contribution < 1.29 is 30.9 Å². The highest BCUT2D eigenvalue weighted by atomic mass is 79.9. The van der Waals surface area contributed by atoms with Gasteiger partial charge in [0.25, 0.3) is 0 Å². The average molecular weight is 447 g/mol. The molecule has 0 radical (unpaired) electrons. The van der Waals surface area contributed by atoms with E-state index in [1.165, 1.54) is 0 Å². The van der Waals surface area contributed by atoms with Crippen LogP contribution in [-0.2, 0) is 9.53 Å². The van der Waals surface area contributed by atoms with Gasteiger partial charge in [0.2, 0.25) is 0 Å². The second kappa shape index (κ2) is 9.77. The molecule has 0 fully saturated rings. The zero-order valence-corrected chi connectivity index (χ0v) is 17.4. The molecule has 3 aromatic carbocycles. The van der Waals surface area contributed by atoms with Gasteiger partial charge >= 0.3 is 11.9 Å². The summed E-state index contributed by atoms with van der Waals surface area (Å²) in [6.07, 6.45) is 0. The summed E-state index contributed by atoms with van der Waals surface area (Å²) < 4.78 is 21.0. The third-order valence-corrected chi connectivity index (χ3v) is 8.54. The summed E-state index contributed by atoms with van der Waals surface area (Å²) in [5.74, 6) is -2.58. The van der Waals surface area contributed by atoms with E-state index < -0.39 is 19.1 Å². The van der Waals surface area contributed by atoms with Crippen molar-refractivity contribution in [3.05, 3.63) is 91.0 Å². The summed E-state index contributed by atoms with van der Waals surface area (Å²) >= 11 is 0. The number of esters is 1. The lowest BCUT2D eigenvalue weighted by Crippen LogP contribution is -3.00. The summed E-state index contributed by atoms with van der Waals surface area (Å²) in [6.45, 7) is 1.84. The highest BCUT2D eigenvalue weighted by Gasteiger charge is 2.57. The topological polar surface area (TPSA) is 26.3 Å². The first-order chi connectivity index (χ1) is 12.7. The van der Waals surface area contributed by atoms with Crippen molar-refractivity contribution in [2.24, 2.45) is 0 Å². The van der Waals surface area contributed by atoms with E-state index >= 15 is 4.39 Å². The predicted octanol–water partition coefficient (Wildman–Crippen LogP) is 0.843. The van der Waals surface area contributed by atoms with Crippen LogP contribution in [-0.4, -0.2) is 18.5 Å². The molecule has 1 atom stereocenters. The van der Waals surface area contributed by atoms with Crippen LogP contribution in [0.2, 0.25) is 0 Å². The minimum absolute atomic E-state index is 0. The van der Waals surface area contributed by atoms with Gasteiger partial charge in [-0.25, -0.2) is 4.79 Å². The monoisotopic (exact) mass is 446 g/mol. The second-order valence-corrected chi connectivity index (χ2v) is 9.27. The van der Waals surface area contributed by atoms with E-state index in [-0.39, 0.29) is 23.6 Å². The summed E-state index contributed by atoms with van der Waals surface area (Å²) in [6, 6.07) is 28.4. The van der Waals surface area contributed by atoms with Crippen LogP contribution < -0.4 is 32.9 Å². The van der Waals surface area contributed by atoms with Crippen LogP contribution in [0.1, 0.15) is 6.92 Å². The Morgan fingerprint density at radius 1 is 0.815 bits per heavy atom. The third-order valence-electron chi connectivity index (χ3n) is 4.31. The number of benzene rings is 3. The lowest BCUT2D eigenvalue weighted by molar-refractivity contribution is -0.145. The van der Waals surface area contributed by atoms with E-state index in [1.807, 2.05) is 91.0 Å². The molecule has 0 amide bonds. The molecule has 5 heteroatoms. The molecule has 0 saturated heterocycles. The van der Waals surface area contributed by atoms with Crippen molar-refractivity contribution in [3.63, 3.8) is 0 Å². The summed E-state index contributed by atoms with van der Waals surface area (Å²) in [4.78, 5) is 12.5. The summed E-state index contributed by atoms with van der Waals surface area (Å²) in [5.41, 5.74) is 0. The number of carbonyl (C=O) groups excluding carboxylic acids is 1. The minimum Gasteiger partial charge on any atom is -1.00 e. The van der Waals surface area contributed by atoms with Crippen LogP contribution in [0.25, 0.3) is 0 Å². The third kappa shape index (κ3) is 4.12. The second-order valence-electron chi connectivity index (χ2n) is 5.82. The van der Waals surface area contributed by atoms with Crippen molar-refractivity contribution in [3.8, 4) is 0 Å². The maximum absolute atomic E-state index is 15.9. The quantitative estimate of drug-likeness (QED) is 0.414. The number of ether oxygens (including phenoxy) is 1. The maximum Gasteiger partial charge on any atom is 0.381 e. The zero-order chi connectivity index (χ0) is 18.4. The molecule has 0 spiro atoms. The van der Waals surface area contributed by atoms with Gasteiger partial charge in [0.15, 0.2) is 7.26 Å². The number of hydrogen-bond acceptors (Lipinski definition) is 2. The molecule has 0 aromatic heterocycles. The molecule has 0 aliphatic rings. The molecule has 2 nitrogen and oxygen atoms in total. The first kappa shape index (κ1) is 21.3. The predicted molar refractivity (Wildman–Crippen MR) is 107 cm³/mol. The van der Waals surface area contributed by atoms with Gasteiger partial charge in [0, 0.05) is 0 Å². The van der Waals surface area contributed by atoms with E-state index in [0.717, 1.165) is 15.9 Å². The molecule has 0 saturated carbocycles. The van der Waals surface area contributed by atoms with Gasteiger partial charge in [-0.15, -0.1) is 0 Å². The number of alkyl halides is 1. The lowest BCUT2D eigenvalue weighted by Gasteiger charge is -2.29. The van der Waals surface area contributed by atoms with Gasteiger partial charge in [-0.3, -0.25) is 0 Å². The largest absolute Gasteiger partial charge is 1.00 e. The van der Waals surface area contributed by atoms with E-state index in [0.29, 0.717) is 0 Å². The molecular weight excluding hydrogens is 426 g/mol. The number of carbonyl (C=O) groups is 1. The molecule has 27 heavy (non-hydrogen) atoms. The van der Waals surface area contributed by atoms with Gasteiger partial charge in [-0.1, -0.05) is 54.6 Å². The normalized spacial score (nSPS) is 11.9. The molecule has 1 unspecified atom stereocenters. The Balaban J connectivity index is 0.00000261. The Morgan fingerprint density at radius 3 is 1.44 bits per heavy atom. The Kier molecular flexibility index (Phi) is 7.70. The molecule has 0 N–H and O–H groups in total. The molecule has 0 heterocycles. The molecular formula is C22H21BrFO2P. The fraction of sp³-hybridized carbons (Fsp3) is 0.136. The fourth-order valence-corrected chi connectivity index (χ4v) is 7.20. The van der Waals surface area contributed by atoms with Crippen LogP contribution >= 0.6 is 7.26 Å². The number of rotatable bonds is 6. The average Bonchev–Trinajstić information content (AvgIpc) is 2.71. The Morgan fingerprint density at radius 2 is 1.15 bits per heavy atom. The maximum atomic E-state index is 15.9. The number of halogens is 2. The summed E-state index contributed by atoms with van der Waals surface area (Å²) in [7, 11) is -2.87. The van der Waals surface area contributed by atoms with Crippen molar-refractivity contribution in [2.45, 2.75) is 12.8 Å². The van der Waals surface area contributed by atoms with E-state index in [4.69, 9.17) is 4.74 Å². The fourth-order valence-electron chi connectivity index (χ4n) is 3.20. The van der Waals surface area contributed by atoms with Gasteiger partial charge in [-0.2, -0.15) is 4.39 Å². The van der Waals surface area contributed by atoms with Crippen LogP contribution in [0.3, 0.4) is 0 Å². The van der Waals surface area contributed by atoms with E-state index in [1.54, 1.807) is 6.92 Å². The van der Waals surface area contributed by atoms with Crippen LogP contribution in [0.4, 0.5) is 4.39 Å². The lowest BCUT2D eigenvalue weighted by atomic mass is 10.4. The van der Waals surface area contributed by atoms with Crippen molar-refractivity contribution >= 4 is 29.1 Å². The Bertz CT molecular complexity index is 747. The van der Waals surface area contributed by atoms with Gasteiger partial charge in [-0.05, 0) is 43.3 Å². The molecule has 3 aromatic rings. The Hall–Kier alpha value is -2.03. The molecule has 0 aliphatic carbocycles. The van der Waals surface area contributed by atoms with Crippen LogP contribution in [0, 0.1) is 0 Å².